The Kier molecular flexibility index (Phi) is 8.87. The highest BCUT2D eigenvalue weighted by Gasteiger charge is 2.46. The summed E-state index contributed by atoms with van der Waals surface area (Å²) >= 11 is 6.53. The highest BCUT2D eigenvalue weighted by molar-refractivity contribution is 6.31. The molecule has 3 aromatic rings. The van der Waals surface area contributed by atoms with Gasteiger partial charge in [-0.25, -0.2) is 22.5 Å². The Morgan fingerprint density at radius 3 is 2.50 bits per heavy atom. The molecule has 0 radical (unpaired) electrons. The van der Waals surface area contributed by atoms with Crippen molar-refractivity contribution in [3.63, 3.8) is 0 Å². The van der Waals surface area contributed by atoms with Gasteiger partial charge in [0.1, 0.15) is 24.0 Å². The van der Waals surface area contributed by atoms with E-state index in [0.29, 0.717) is 0 Å². The van der Waals surface area contributed by atoms with Crippen molar-refractivity contribution in [3.05, 3.63) is 88.6 Å². The average Bonchev–Trinajstić information content (AvgIpc) is 3.38. The van der Waals surface area contributed by atoms with Gasteiger partial charge < -0.3 is 5.32 Å². The van der Waals surface area contributed by atoms with Gasteiger partial charge in [-0.1, -0.05) is 35.9 Å². The molecule has 1 saturated heterocycles. The van der Waals surface area contributed by atoms with E-state index in [1.54, 1.807) is 18.2 Å². The number of carbonyl (C=O) groups is 3. The van der Waals surface area contributed by atoms with Crippen molar-refractivity contribution in [3.8, 4) is 6.07 Å². The first kappa shape index (κ1) is 30.9. The van der Waals surface area contributed by atoms with E-state index < -0.39 is 77.6 Å². The zero-order valence-electron chi connectivity index (χ0n) is 23.2. The molecule has 0 spiro atoms. The summed E-state index contributed by atoms with van der Waals surface area (Å²) < 4.78 is 57.5. The van der Waals surface area contributed by atoms with Crippen molar-refractivity contribution >= 4 is 40.8 Å². The topological polar surface area (TPSA) is 106 Å². The Labute approximate surface area is 255 Å². The lowest BCUT2D eigenvalue weighted by atomic mass is 9.91. The molecule has 1 aliphatic carbocycles. The fourth-order valence-electron chi connectivity index (χ4n) is 5.62. The molecule has 8 nitrogen and oxygen atoms in total. The van der Waals surface area contributed by atoms with E-state index in [4.69, 9.17) is 11.6 Å². The molecule has 1 N–H and O–H groups in total. The Bertz CT molecular complexity index is 1640. The molecule has 1 aliphatic heterocycles. The highest BCUT2D eigenvalue weighted by Crippen LogP contribution is 2.38. The number of anilines is 2. The molecule has 228 valence electrons. The van der Waals surface area contributed by atoms with Crippen LogP contribution in [-0.2, 0) is 14.4 Å². The first-order valence-electron chi connectivity index (χ1n) is 13.9. The van der Waals surface area contributed by atoms with Crippen LogP contribution in [-0.4, -0.2) is 40.7 Å². The van der Waals surface area contributed by atoms with Crippen LogP contribution in [0.15, 0.2) is 60.8 Å². The van der Waals surface area contributed by atoms with Gasteiger partial charge in [-0.05, 0) is 49.6 Å². The zero-order valence-corrected chi connectivity index (χ0v) is 23.9. The highest BCUT2D eigenvalue weighted by atomic mass is 35.5. The molecule has 2 aromatic carbocycles. The number of nitrogens with zero attached hydrogens (tertiary/aromatic N) is 4. The lowest BCUT2D eigenvalue weighted by molar-refractivity contribution is -0.128. The maximum atomic E-state index is 15.2. The number of hydrogen-bond donors (Lipinski definition) is 1. The number of halogens is 5. The van der Waals surface area contributed by atoms with Crippen LogP contribution in [0.3, 0.4) is 0 Å². The van der Waals surface area contributed by atoms with E-state index in [1.165, 1.54) is 24.3 Å². The molecule has 2 atom stereocenters. The monoisotopic (exact) mass is 627 g/mol. The van der Waals surface area contributed by atoms with Gasteiger partial charge in [0, 0.05) is 47.8 Å². The number of rotatable bonds is 7. The summed E-state index contributed by atoms with van der Waals surface area (Å²) in [4.78, 5) is 47.4. The number of amides is 3. The minimum absolute atomic E-state index is 0.00697. The van der Waals surface area contributed by atoms with E-state index in [-0.39, 0.29) is 42.0 Å². The second-order valence-corrected chi connectivity index (χ2v) is 11.1. The zero-order chi connectivity index (χ0) is 31.6. The van der Waals surface area contributed by atoms with Gasteiger partial charge in [0.15, 0.2) is 11.6 Å². The lowest BCUT2D eigenvalue weighted by Crippen LogP contribution is -2.53. The van der Waals surface area contributed by atoms with Crippen molar-refractivity contribution in [1.82, 2.24) is 10.3 Å². The molecule has 2 aliphatic rings. The van der Waals surface area contributed by atoms with E-state index in [0.717, 1.165) is 34.2 Å². The van der Waals surface area contributed by atoms with Crippen LogP contribution in [0, 0.1) is 23.0 Å². The Morgan fingerprint density at radius 2 is 1.82 bits per heavy atom. The number of pyridine rings is 1. The second kappa shape index (κ2) is 12.6. The second-order valence-electron chi connectivity index (χ2n) is 10.7. The minimum Gasteiger partial charge on any atom is -0.351 e. The standard InChI is InChI=1S/C31H26ClF4N5O3/c32-23-7-2-1-6-22(23)27(29(43)39-20-10-13-31(35,36)14-11-20)40(21-5-3-4-19(33)16-21)30(44)24-8-9-25(42)41(24)28-26(34)18(17-37)12-15-38-28/h1-7,12,15-16,20,24,27H,8-11,13-14H2,(H,39,43). The Balaban J connectivity index is 1.61. The fraction of sp³-hybridized carbons (Fsp3) is 0.323. The van der Waals surface area contributed by atoms with Crippen LogP contribution >= 0.6 is 11.6 Å². The average molecular weight is 628 g/mol. The summed E-state index contributed by atoms with van der Waals surface area (Å²) in [7, 11) is 0. The molecule has 44 heavy (non-hydrogen) atoms. The van der Waals surface area contributed by atoms with Gasteiger partial charge in [-0.15, -0.1) is 0 Å². The quantitative estimate of drug-likeness (QED) is 0.331. The third-order valence-corrected chi connectivity index (χ3v) is 8.15. The molecule has 1 aromatic heterocycles. The van der Waals surface area contributed by atoms with Crippen LogP contribution in [0.25, 0.3) is 0 Å². The van der Waals surface area contributed by atoms with Crippen molar-refractivity contribution in [2.75, 3.05) is 9.80 Å². The molecular formula is C31H26ClF4N5O3. The Morgan fingerprint density at radius 1 is 1.09 bits per heavy atom. The summed E-state index contributed by atoms with van der Waals surface area (Å²) in [5, 5.41) is 12.2. The van der Waals surface area contributed by atoms with Crippen LogP contribution in [0.2, 0.25) is 5.02 Å². The van der Waals surface area contributed by atoms with Crippen molar-refractivity contribution in [1.29, 1.82) is 5.26 Å². The van der Waals surface area contributed by atoms with Crippen LogP contribution in [0.5, 0.6) is 0 Å². The van der Waals surface area contributed by atoms with Gasteiger partial charge in [0.05, 0.1) is 5.56 Å². The number of hydrogen-bond acceptors (Lipinski definition) is 5. The summed E-state index contributed by atoms with van der Waals surface area (Å²) in [6.45, 7) is 0. The molecular weight excluding hydrogens is 602 g/mol. The van der Waals surface area contributed by atoms with Gasteiger partial charge >= 0.3 is 0 Å². The van der Waals surface area contributed by atoms with Crippen molar-refractivity contribution in [2.24, 2.45) is 0 Å². The molecule has 1 saturated carbocycles. The molecule has 2 heterocycles. The number of carbonyl (C=O) groups excluding carboxylic acids is 3. The molecule has 5 rings (SSSR count). The van der Waals surface area contributed by atoms with E-state index >= 15 is 4.39 Å². The van der Waals surface area contributed by atoms with Gasteiger partial charge in [-0.3, -0.25) is 24.2 Å². The van der Waals surface area contributed by atoms with Crippen LogP contribution in [0.1, 0.15) is 55.7 Å². The van der Waals surface area contributed by atoms with Crippen LogP contribution in [0.4, 0.5) is 29.1 Å². The molecule has 2 fully saturated rings. The summed E-state index contributed by atoms with van der Waals surface area (Å²) in [5.74, 6) is -7.51. The summed E-state index contributed by atoms with van der Waals surface area (Å²) in [5.41, 5.74) is -0.310. The fourth-order valence-corrected chi connectivity index (χ4v) is 5.86. The van der Waals surface area contributed by atoms with Crippen molar-refractivity contribution in [2.45, 2.75) is 62.6 Å². The summed E-state index contributed by atoms with van der Waals surface area (Å²) in [6, 6.07) is 10.3. The van der Waals surface area contributed by atoms with E-state index in [9.17, 15) is 32.8 Å². The van der Waals surface area contributed by atoms with E-state index in [2.05, 4.69) is 10.3 Å². The maximum Gasteiger partial charge on any atom is 0.251 e. The van der Waals surface area contributed by atoms with Crippen LogP contribution < -0.4 is 15.1 Å². The summed E-state index contributed by atoms with van der Waals surface area (Å²) in [6.07, 6.45) is -0.0238. The molecule has 13 heteroatoms. The number of nitriles is 1. The predicted octanol–water partition coefficient (Wildman–Crippen LogP) is 5.85. The first-order chi connectivity index (χ1) is 21.0. The third-order valence-electron chi connectivity index (χ3n) is 7.81. The molecule has 3 amide bonds. The third kappa shape index (κ3) is 6.24. The Hall–Kier alpha value is -4.50. The normalized spacial score (nSPS) is 18.9. The number of benzene rings is 2. The van der Waals surface area contributed by atoms with Gasteiger partial charge in [0.25, 0.3) is 5.91 Å². The largest absolute Gasteiger partial charge is 0.351 e. The number of nitrogens with one attached hydrogen (secondary N) is 1. The first-order valence-corrected chi connectivity index (χ1v) is 14.3. The smallest absolute Gasteiger partial charge is 0.251 e. The van der Waals surface area contributed by atoms with Gasteiger partial charge in [0.2, 0.25) is 17.7 Å². The van der Waals surface area contributed by atoms with E-state index in [1.807, 2.05) is 0 Å². The minimum atomic E-state index is -2.85. The van der Waals surface area contributed by atoms with Gasteiger partial charge in [-0.2, -0.15) is 5.26 Å². The predicted molar refractivity (Wildman–Crippen MR) is 153 cm³/mol. The lowest BCUT2D eigenvalue weighted by Gasteiger charge is -2.37. The molecule has 0 bridgehead atoms. The maximum absolute atomic E-state index is 15.2. The molecule has 2 unspecified atom stereocenters. The van der Waals surface area contributed by atoms with Crippen molar-refractivity contribution < 1.29 is 31.9 Å². The number of aromatic nitrogens is 1. The SMILES string of the molecule is N#Cc1ccnc(N2C(=O)CCC2C(=O)N(c2cccc(F)c2)C(C(=O)NC2CCC(F)(F)CC2)c2ccccc2Cl)c1F. The number of alkyl halides is 2.